The quantitative estimate of drug-likeness (QED) is 0.946. The third kappa shape index (κ3) is 2.50. The summed E-state index contributed by atoms with van der Waals surface area (Å²) < 4.78 is 27.6. The molecule has 0 aliphatic carbocycles. The minimum atomic E-state index is -3.43. The zero-order valence-corrected chi connectivity index (χ0v) is 12.4. The third-order valence-electron chi connectivity index (χ3n) is 3.38. The molecule has 1 atom stereocenters. The average molecular weight is 303 g/mol. The highest BCUT2D eigenvalue weighted by Gasteiger charge is 2.40. The number of benzene rings is 1. The third-order valence-corrected chi connectivity index (χ3v) is 5.75. The van der Waals surface area contributed by atoms with Gasteiger partial charge in [-0.1, -0.05) is 11.6 Å². The minimum absolute atomic E-state index is 0.215. The van der Waals surface area contributed by atoms with Crippen molar-refractivity contribution in [2.24, 2.45) is 0 Å². The summed E-state index contributed by atoms with van der Waals surface area (Å²) in [5.74, 6) is 0.215. The molecule has 1 heterocycles. The highest BCUT2D eigenvalue weighted by molar-refractivity contribution is 7.92. The first-order valence-corrected chi connectivity index (χ1v) is 7.96. The van der Waals surface area contributed by atoms with E-state index in [-0.39, 0.29) is 5.76 Å². The summed E-state index contributed by atoms with van der Waals surface area (Å²) in [7, 11) is -3.43. The van der Waals surface area contributed by atoms with Gasteiger partial charge in [-0.2, -0.15) is 0 Å². The molecule has 1 aromatic heterocycles. The number of aliphatic hydroxyl groups is 1. The van der Waals surface area contributed by atoms with E-state index in [0.29, 0.717) is 10.6 Å². The number of sulfone groups is 1. The van der Waals surface area contributed by atoms with Crippen molar-refractivity contribution in [1.82, 2.24) is 0 Å². The van der Waals surface area contributed by atoms with E-state index < -0.39 is 20.7 Å². The Labute approximate surface area is 116 Å². The molecule has 19 heavy (non-hydrogen) atoms. The van der Waals surface area contributed by atoms with Crippen LogP contribution in [0, 0.1) is 0 Å². The van der Waals surface area contributed by atoms with Gasteiger partial charge in [-0.05, 0) is 38.1 Å². The molecule has 1 N–H and O–H groups in total. The molecule has 0 aliphatic heterocycles. The monoisotopic (exact) mass is 302 g/mol. The van der Waals surface area contributed by atoms with Crippen LogP contribution in [0.4, 0.5) is 0 Å². The Kier molecular flexibility index (Phi) is 3.41. The first kappa shape index (κ1) is 14.4. The second-order valence-electron chi connectivity index (χ2n) is 5.11. The zero-order valence-electron chi connectivity index (χ0n) is 10.8. The lowest BCUT2D eigenvalue weighted by atomic mass is 10.0. The number of hydrogen-bond donors (Lipinski definition) is 1. The molecule has 2 aromatic rings. The molecule has 2 rings (SSSR count). The average Bonchev–Trinajstić information content (AvgIpc) is 2.68. The van der Waals surface area contributed by atoms with E-state index in [2.05, 4.69) is 0 Å². The molecule has 1 aromatic carbocycles. The smallest absolute Gasteiger partial charge is 0.155 e. The van der Waals surface area contributed by atoms with Gasteiger partial charge < -0.3 is 9.52 Å². The van der Waals surface area contributed by atoms with Crippen LogP contribution in [0.1, 0.15) is 25.7 Å². The standard InChI is InChI=1S/C13H15ClO4S/c1-13(2,19(3,16)17)12(15)11-7-8-6-9(14)4-5-10(8)18-11/h4-7,12,15H,1-3H3. The fourth-order valence-electron chi connectivity index (χ4n) is 1.71. The maximum Gasteiger partial charge on any atom is 0.155 e. The summed E-state index contributed by atoms with van der Waals surface area (Å²) >= 11 is 5.87. The first-order chi connectivity index (χ1) is 8.63. The molecule has 0 fully saturated rings. The second-order valence-corrected chi connectivity index (χ2v) is 8.14. The predicted molar refractivity (Wildman–Crippen MR) is 75.1 cm³/mol. The fourth-order valence-corrected chi connectivity index (χ4v) is 2.42. The van der Waals surface area contributed by atoms with Crippen LogP contribution >= 0.6 is 11.6 Å². The molecule has 0 spiro atoms. The summed E-state index contributed by atoms with van der Waals surface area (Å²) in [6, 6.07) is 6.66. The van der Waals surface area contributed by atoms with Crippen molar-refractivity contribution in [3.05, 3.63) is 35.0 Å². The number of rotatable bonds is 3. The molecule has 0 bridgehead atoms. The lowest BCUT2D eigenvalue weighted by Crippen LogP contribution is -2.37. The zero-order chi connectivity index (χ0) is 14.4. The van der Waals surface area contributed by atoms with Crippen LogP contribution in [0.2, 0.25) is 5.02 Å². The number of fused-ring (bicyclic) bond motifs is 1. The van der Waals surface area contributed by atoms with E-state index in [4.69, 9.17) is 16.0 Å². The Balaban J connectivity index is 2.50. The molecule has 0 saturated heterocycles. The number of hydrogen-bond acceptors (Lipinski definition) is 4. The van der Waals surface area contributed by atoms with Crippen molar-refractivity contribution in [3.8, 4) is 0 Å². The molecular formula is C13H15ClO4S. The van der Waals surface area contributed by atoms with Crippen LogP contribution < -0.4 is 0 Å². The molecule has 104 valence electrons. The largest absolute Gasteiger partial charge is 0.458 e. The maximum absolute atomic E-state index is 11.7. The van der Waals surface area contributed by atoms with Crippen molar-refractivity contribution in [2.75, 3.05) is 6.26 Å². The highest BCUT2D eigenvalue weighted by atomic mass is 35.5. The molecule has 0 radical (unpaired) electrons. The van der Waals surface area contributed by atoms with Gasteiger partial charge in [-0.25, -0.2) is 8.42 Å². The van der Waals surface area contributed by atoms with Gasteiger partial charge in [0.25, 0.3) is 0 Å². The summed E-state index contributed by atoms with van der Waals surface area (Å²) in [6.45, 7) is 2.93. The van der Waals surface area contributed by atoms with E-state index >= 15 is 0 Å². The van der Waals surface area contributed by atoms with Gasteiger partial charge in [-0.3, -0.25) is 0 Å². The van der Waals surface area contributed by atoms with Gasteiger partial charge in [0, 0.05) is 16.7 Å². The van der Waals surface area contributed by atoms with E-state index in [1.165, 1.54) is 13.8 Å². The van der Waals surface area contributed by atoms with Crippen LogP contribution in [0.5, 0.6) is 0 Å². The molecular weight excluding hydrogens is 288 g/mol. The molecule has 1 unspecified atom stereocenters. The number of halogens is 1. The fraction of sp³-hybridized carbons (Fsp3) is 0.385. The summed E-state index contributed by atoms with van der Waals surface area (Å²) in [4.78, 5) is 0. The summed E-state index contributed by atoms with van der Waals surface area (Å²) in [5.41, 5.74) is 0.558. The van der Waals surface area contributed by atoms with Crippen molar-refractivity contribution in [3.63, 3.8) is 0 Å². The summed E-state index contributed by atoms with van der Waals surface area (Å²) in [6.07, 6.45) is -0.149. The van der Waals surface area contributed by atoms with Crippen molar-refractivity contribution >= 4 is 32.4 Å². The van der Waals surface area contributed by atoms with Crippen LogP contribution in [-0.4, -0.2) is 24.5 Å². The van der Waals surface area contributed by atoms with E-state index in [0.717, 1.165) is 11.6 Å². The molecule has 0 saturated carbocycles. The van der Waals surface area contributed by atoms with Gasteiger partial charge in [0.1, 0.15) is 17.4 Å². The highest BCUT2D eigenvalue weighted by Crippen LogP contribution is 2.35. The topological polar surface area (TPSA) is 67.5 Å². The molecule has 6 heteroatoms. The first-order valence-electron chi connectivity index (χ1n) is 5.69. The van der Waals surface area contributed by atoms with E-state index in [1.54, 1.807) is 24.3 Å². The van der Waals surface area contributed by atoms with Crippen LogP contribution in [-0.2, 0) is 9.84 Å². The van der Waals surface area contributed by atoms with Crippen LogP contribution in [0.15, 0.2) is 28.7 Å². The second kappa shape index (κ2) is 4.51. The Morgan fingerprint density at radius 1 is 1.32 bits per heavy atom. The van der Waals surface area contributed by atoms with Gasteiger partial charge in [0.2, 0.25) is 0 Å². The Hall–Kier alpha value is -1.04. The van der Waals surface area contributed by atoms with Gasteiger partial charge >= 0.3 is 0 Å². The van der Waals surface area contributed by atoms with Crippen molar-refractivity contribution in [1.29, 1.82) is 0 Å². The van der Waals surface area contributed by atoms with Gasteiger partial charge in [-0.15, -0.1) is 0 Å². The minimum Gasteiger partial charge on any atom is -0.458 e. The molecule has 0 aliphatic rings. The Morgan fingerprint density at radius 3 is 2.53 bits per heavy atom. The SMILES string of the molecule is CC(C)(C(O)c1cc2cc(Cl)ccc2o1)S(C)(=O)=O. The lowest BCUT2D eigenvalue weighted by Gasteiger charge is -2.26. The van der Waals surface area contributed by atoms with Crippen LogP contribution in [0.3, 0.4) is 0 Å². The number of furan rings is 1. The van der Waals surface area contributed by atoms with E-state index in [9.17, 15) is 13.5 Å². The van der Waals surface area contributed by atoms with Crippen LogP contribution in [0.25, 0.3) is 11.0 Å². The maximum atomic E-state index is 11.7. The van der Waals surface area contributed by atoms with Gasteiger partial charge in [0.05, 0.1) is 4.75 Å². The summed E-state index contributed by atoms with van der Waals surface area (Å²) in [5, 5.41) is 11.5. The van der Waals surface area contributed by atoms with Crippen molar-refractivity contribution in [2.45, 2.75) is 24.7 Å². The lowest BCUT2D eigenvalue weighted by molar-refractivity contribution is 0.116. The Bertz CT molecular complexity index is 715. The predicted octanol–water partition coefficient (Wildman–Crippen LogP) is 2.94. The molecule has 0 amide bonds. The van der Waals surface area contributed by atoms with E-state index in [1.807, 2.05) is 0 Å². The molecule has 4 nitrogen and oxygen atoms in total. The normalized spacial score (nSPS) is 14.8. The van der Waals surface area contributed by atoms with Gasteiger partial charge in [0.15, 0.2) is 9.84 Å². The Morgan fingerprint density at radius 2 is 1.95 bits per heavy atom. The van der Waals surface area contributed by atoms with Crippen molar-refractivity contribution < 1.29 is 17.9 Å². The number of aliphatic hydroxyl groups excluding tert-OH is 1.